The molecule has 2 rings (SSSR count). The number of anilines is 2. The Morgan fingerprint density at radius 3 is 2.95 bits per heavy atom. The van der Waals surface area contributed by atoms with Crippen molar-refractivity contribution in [1.82, 2.24) is 15.5 Å². The number of rotatable bonds is 8. The SMILES string of the molecule is CCCNC(=O)CSc1nnc(Nc2ccccc2OC)s1. The van der Waals surface area contributed by atoms with Gasteiger partial charge in [0.2, 0.25) is 11.0 Å². The number of carbonyl (C=O) groups is 1. The lowest BCUT2D eigenvalue weighted by Gasteiger charge is -2.07. The largest absolute Gasteiger partial charge is 0.495 e. The molecule has 0 unspecified atom stereocenters. The highest BCUT2D eigenvalue weighted by Gasteiger charge is 2.09. The third-order valence-corrected chi connectivity index (χ3v) is 4.63. The number of aromatic nitrogens is 2. The molecule has 8 heteroatoms. The number of thioether (sulfide) groups is 1. The van der Waals surface area contributed by atoms with Gasteiger partial charge in [-0.05, 0) is 18.6 Å². The zero-order valence-electron chi connectivity index (χ0n) is 12.5. The normalized spacial score (nSPS) is 10.3. The standard InChI is InChI=1S/C14H18N4O2S2/c1-3-8-15-12(19)9-21-14-18-17-13(22-14)16-10-6-4-5-7-11(10)20-2/h4-7H,3,8-9H2,1-2H3,(H,15,19)(H,16,17). The summed E-state index contributed by atoms with van der Waals surface area (Å²) in [6.07, 6.45) is 0.933. The molecule has 0 aliphatic carbocycles. The van der Waals surface area contributed by atoms with E-state index in [0.29, 0.717) is 17.4 Å². The van der Waals surface area contributed by atoms with Gasteiger partial charge in [0.25, 0.3) is 0 Å². The Kier molecular flexibility index (Phi) is 6.47. The molecule has 2 N–H and O–H groups in total. The van der Waals surface area contributed by atoms with E-state index >= 15 is 0 Å². The highest BCUT2D eigenvalue weighted by atomic mass is 32.2. The Bertz CT molecular complexity index is 618. The molecule has 0 saturated heterocycles. The van der Waals surface area contributed by atoms with Crippen molar-refractivity contribution < 1.29 is 9.53 Å². The van der Waals surface area contributed by atoms with Gasteiger partial charge < -0.3 is 15.4 Å². The highest BCUT2D eigenvalue weighted by Crippen LogP contribution is 2.31. The van der Waals surface area contributed by atoms with Crippen molar-refractivity contribution in [2.24, 2.45) is 0 Å². The van der Waals surface area contributed by atoms with E-state index in [1.807, 2.05) is 31.2 Å². The van der Waals surface area contributed by atoms with Crippen LogP contribution in [0.2, 0.25) is 0 Å². The Morgan fingerprint density at radius 1 is 1.36 bits per heavy atom. The van der Waals surface area contributed by atoms with Crippen LogP contribution in [0.25, 0.3) is 0 Å². The van der Waals surface area contributed by atoms with E-state index in [2.05, 4.69) is 20.8 Å². The Labute approximate surface area is 137 Å². The van der Waals surface area contributed by atoms with Gasteiger partial charge in [0.1, 0.15) is 5.75 Å². The predicted molar refractivity (Wildman–Crippen MR) is 90.2 cm³/mol. The van der Waals surface area contributed by atoms with Gasteiger partial charge in [-0.25, -0.2) is 0 Å². The van der Waals surface area contributed by atoms with E-state index in [0.717, 1.165) is 22.2 Å². The molecule has 1 amide bonds. The second-order valence-electron chi connectivity index (χ2n) is 4.34. The molecule has 1 heterocycles. The number of amides is 1. The van der Waals surface area contributed by atoms with Gasteiger partial charge in [0, 0.05) is 6.54 Å². The quantitative estimate of drug-likeness (QED) is 0.721. The highest BCUT2D eigenvalue weighted by molar-refractivity contribution is 8.01. The summed E-state index contributed by atoms with van der Waals surface area (Å²) in [5, 5.41) is 14.8. The van der Waals surface area contributed by atoms with Crippen LogP contribution in [-0.4, -0.2) is 35.5 Å². The van der Waals surface area contributed by atoms with Crippen LogP contribution in [-0.2, 0) is 4.79 Å². The Balaban J connectivity index is 1.90. The summed E-state index contributed by atoms with van der Waals surface area (Å²) in [7, 11) is 1.62. The Morgan fingerprint density at radius 2 is 2.18 bits per heavy atom. The molecule has 2 aromatic rings. The third kappa shape index (κ3) is 4.88. The average Bonchev–Trinajstić information content (AvgIpc) is 2.99. The van der Waals surface area contributed by atoms with E-state index in [4.69, 9.17) is 4.74 Å². The van der Waals surface area contributed by atoms with E-state index in [1.54, 1.807) is 7.11 Å². The summed E-state index contributed by atoms with van der Waals surface area (Å²) in [4.78, 5) is 11.5. The fraction of sp³-hybridized carbons (Fsp3) is 0.357. The minimum Gasteiger partial charge on any atom is -0.495 e. The molecule has 1 aromatic carbocycles. The molecular formula is C14H18N4O2S2. The van der Waals surface area contributed by atoms with E-state index in [9.17, 15) is 4.79 Å². The van der Waals surface area contributed by atoms with Crippen LogP contribution < -0.4 is 15.4 Å². The smallest absolute Gasteiger partial charge is 0.230 e. The molecular weight excluding hydrogens is 320 g/mol. The second kappa shape index (κ2) is 8.60. The molecule has 0 spiro atoms. The van der Waals surface area contributed by atoms with Gasteiger partial charge in [-0.3, -0.25) is 4.79 Å². The van der Waals surface area contributed by atoms with Crippen LogP contribution in [0.1, 0.15) is 13.3 Å². The molecule has 118 valence electrons. The first kappa shape index (κ1) is 16.6. The van der Waals surface area contributed by atoms with Gasteiger partial charge in [0.05, 0.1) is 18.6 Å². The first-order valence-electron chi connectivity index (χ1n) is 6.86. The van der Waals surface area contributed by atoms with E-state index < -0.39 is 0 Å². The average molecular weight is 338 g/mol. The lowest BCUT2D eigenvalue weighted by molar-refractivity contribution is -0.118. The van der Waals surface area contributed by atoms with Gasteiger partial charge in [-0.2, -0.15) is 0 Å². The van der Waals surface area contributed by atoms with Crippen LogP contribution in [0.5, 0.6) is 5.75 Å². The van der Waals surface area contributed by atoms with Crippen LogP contribution in [0.4, 0.5) is 10.8 Å². The molecule has 1 aromatic heterocycles. The van der Waals surface area contributed by atoms with Crippen LogP contribution in [0.3, 0.4) is 0 Å². The van der Waals surface area contributed by atoms with Crippen molar-refractivity contribution in [3.63, 3.8) is 0 Å². The minimum absolute atomic E-state index is 0.0151. The van der Waals surface area contributed by atoms with Crippen LogP contribution in [0.15, 0.2) is 28.6 Å². The number of methoxy groups -OCH3 is 1. The topological polar surface area (TPSA) is 76.1 Å². The molecule has 0 saturated carbocycles. The van der Waals surface area contributed by atoms with Crippen molar-refractivity contribution in [3.05, 3.63) is 24.3 Å². The van der Waals surface area contributed by atoms with Crippen molar-refractivity contribution in [2.75, 3.05) is 24.7 Å². The molecule has 0 fully saturated rings. The van der Waals surface area contributed by atoms with Crippen LogP contribution >= 0.6 is 23.1 Å². The molecule has 0 aliphatic heterocycles. The molecule has 0 radical (unpaired) electrons. The third-order valence-electron chi connectivity index (χ3n) is 2.65. The fourth-order valence-corrected chi connectivity index (χ4v) is 3.22. The van der Waals surface area contributed by atoms with E-state index in [1.165, 1.54) is 23.1 Å². The van der Waals surface area contributed by atoms with E-state index in [-0.39, 0.29) is 5.91 Å². The number of nitrogens with zero attached hydrogens (tertiary/aromatic N) is 2. The molecule has 0 bridgehead atoms. The number of benzene rings is 1. The maximum atomic E-state index is 11.5. The monoisotopic (exact) mass is 338 g/mol. The fourth-order valence-electron chi connectivity index (χ4n) is 1.62. The number of hydrogen-bond acceptors (Lipinski definition) is 7. The number of para-hydroxylation sites is 2. The second-order valence-corrected chi connectivity index (χ2v) is 6.54. The number of carbonyl (C=O) groups excluding carboxylic acids is 1. The number of ether oxygens (including phenoxy) is 1. The summed E-state index contributed by atoms with van der Waals surface area (Å²) >= 11 is 2.79. The summed E-state index contributed by atoms with van der Waals surface area (Å²) in [6.45, 7) is 2.73. The van der Waals surface area contributed by atoms with Crippen molar-refractivity contribution in [2.45, 2.75) is 17.7 Å². The first-order valence-corrected chi connectivity index (χ1v) is 8.66. The summed E-state index contributed by atoms with van der Waals surface area (Å²) in [6, 6.07) is 7.60. The van der Waals surface area contributed by atoms with Gasteiger partial charge in [-0.15, -0.1) is 10.2 Å². The molecule has 6 nitrogen and oxygen atoms in total. The van der Waals surface area contributed by atoms with Crippen molar-refractivity contribution in [1.29, 1.82) is 0 Å². The summed E-state index contributed by atoms with van der Waals surface area (Å²) < 4.78 is 6.03. The van der Waals surface area contributed by atoms with Gasteiger partial charge >= 0.3 is 0 Å². The summed E-state index contributed by atoms with van der Waals surface area (Å²) in [5.41, 5.74) is 0.832. The van der Waals surface area contributed by atoms with Crippen LogP contribution in [0, 0.1) is 0 Å². The number of nitrogens with one attached hydrogen (secondary N) is 2. The first-order chi connectivity index (χ1) is 10.7. The minimum atomic E-state index is 0.0151. The molecule has 0 aliphatic rings. The zero-order valence-corrected chi connectivity index (χ0v) is 14.1. The number of hydrogen-bond donors (Lipinski definition) is 2. The maximum Gasteiger partial charge on any atom is 0.230 e. The molecule has 22 heavy (non-hydrogen) atoms. The van der Waals surface area contributed by atoms with Gasteiger partial charge in [0.15, 0.2) is 4.34 Å². The lowest BCUT2D eigenvalue weighted by atomic mass is 10.3. The summed E-state index contributed by atoms with van der Waals surface area (Å²) in [5.74, 6) is 1.11. The Hall–Kier alpha value is -1.80. The molecule has 0 atom stereocenters. The van der Waals surface area contributed by atoms with Crippen molar-refractivity contribution in [3.8, 4) is 5.75 Å². The zero-order chi connectivity index (χ0) is 15.8. The predicted octanol–water partition coefficient (Wildman–Crippen LogP) is 2.91. The maximum absolute atomic E-state index is 11.5. The van der Waals surface area contributed by atoms with Gasteiger partial charge in [-0.1, -0.05) is 42.2 Å². The van der Waals surface area contributed by atoms with Crippen molar-refractivity contribution >= 4 is 39.8 Å². The lowest BCUT2D eigenvalue weighted by Crippen LogP contribution is -2.25.